The molecule has 0 aromatic heterocycles. The van der Waals surface area contributed by atoms with Gasteiger partial charge in [0.2, 0.25) is 10.0 Å². The highest BCUT2D eigenvalue weighted by atomic mass is 35.5. The zero-order chi connectivity index (χ0) is 16.3. The summed E-state index contributed by atoms with van der Waals surface area (Å²) in [7, 11) is -3.47. The van der Waals surface area contributed by atoms with Gasteiger partial charge in [-0.1, -0.05) is 53.6 Å². The summed E-state index contributed by atoms with van der Waals surface area (Å²) in [6, 6.07) is 12.7. The molecular formula is C17H20ClNO2S. The van der Waals surface area contributed by atoms with Crippen LogP contribution in [0.25, 0.3) is 0 Å². The van der Waals surface area contributed by atoms with Crippen LogP contribution in [0, 0.1) is 13.8 Å². The molecule has 0 fully saturated rings. The molecule has 3 nitrogen and oxygen atoms in total. The van der Waals surface area contributed by atoms with E-state index in [1.54, 1.807) is 24.3 Å². The predicted molar refractivity (Wildman–Crippen MR) is 91.5 cm³/mol. The van der Waals surface area contributed by atoms with Crippen LogP contribution in [0.3, 0.4) is 0 Å². The number of hydrogen-bond acceptors (Lipinski definition) is 2. The summed E-state index contributed by atoms with van der Waals surface area (Å²) < 4.78 is 27.5. The molecule has 0 saturated carbocycles. The zero-order valence-corrected chi connectivity index (χ0v) is 14.5. The minimum Gasteiger partial charge on any atom is -0.212 e. The zero-order valence-electron chi connectivity index (χ0n) is 12.9. The highest BCUT2D eigenvalue weighted by Gasteiger charge is 2.19. The molecule has 0 aliphatic carbocycles. The predicted octanol–water partition coefficient (Wildman–Crippen LogP) is 4.14. The van der Waals surface area contributed by atoms with Gasteiger partial charge in [0.05, 0.1) is 5.75 Å². The number of hydrogen-bond donors (Lipinski definition) is 1. The van der Waals surface area contributed by atoms with Crippen molar-refractivity contribution in [3.63, 3.8) is 0 Å². The summed E-state index contributed by atoms with van der Waals surface area (Å²) >= 11 is 6.04. The van der Waals surface area contributed by atoms with E-state index in [2.05, 4.69) is 4.72 Å². The Morgan fingerprint density at radius 1 is 1.14 bits per heavy atom. The van der Waals surface area contributed by atoms with Crippen molar-refractivity contribution in [2.75, 3.05) is 0 Å². The summed E-state index contributed by atoms with van der Waals surface area (Å²) in [5.41, 5.74) is 3.77. The molecular weight excluding hydrogens is 318 g/mol. The van der Waals surface area contributed by atoms with Crippen LogP contribution in [0.5, 0.6) is 0 Å². The topological polar surface area (TPSA) is 46.2 Å². The van der Waals surface area contributed by atoms with Gasteiger partial charge in [-0.05, 0) is 43.5 Å². The van der Waals surface area contributed by atoms with Crippen LogP contribution >= 0.6 is 11.6 Å². The molecule has 0 heterocycles. The first kappa shape index (κ1) is 17.0. The van der Waals surface area contributed by atoms with Crippen molar-refractivity contribution < 1.29 is 8.42 Å². The van der Waals surface area contributed by atoms with Gasteiger partial charge in [-0.3, -0.25) is 0 Å². The second-order valence-corrected chi connectivity index (χ2v) is 7.71. The number of nitrogens with one attached hydrogen (secondary N) is 1. The first-order valence-corrected chi connectivity index (χ1v) is 9.12. The van der Waals surface area contributed by atoms with E-state index in [0.717, 1.165) is 16.7 Å². The second-order valence-electron chi connectivity index (χ2n) is 5.55. The molecule has 1 N–H and O–H groups in total. The molecule has 2 aromatic rings. The van der Waals surface area contributed by atoms with Crippen LogP contribution in [0.4, 0.5) is 0 Å². The SMILES string of the molecule is Cc1ccc(C)c([C@@H](C)NS(=O)(=O)Cc2ccccc2Cl)c1. The maximum Gasteiger partial charge on any atom is 0.216 e. The molecule has 0 amide bonds. The van der Waals surface area contributed by atoms with Gasteiger partial charge >= 0.3 is 0 Å². The molecule has 2 aromatic carbocycles. The van der Waals surface area contributed by atoms with Crippen LogP contribution in [0.2, 0.25) is 5.02 Å². The van der Waals surface area contributed by atoms with E-state index in [4.69, 9.17) is 11.6 Å². The number of aryl methyl sites for hydroxylation is 2. The summed E-state index contributed by atoms with van der Waals surface area (Å²) in [4.78, 5) is 0. The van der Waals surface area contributed by atoms with Crippen molar-refractivity contribution in [1.29, 1.82) is 0 Å². The van der Waals surface area contributed by atoms with E-state index in [0.29, 0.717) is 10.6 Å². The average Bonchev–Trinajstić information content (AvgIpc) is 2.43. The molecule has 2 rings (SSSR count). The lowest BCUT2D eigenvalue weighted by atomic mass is 10.0. The fourth-order valence-corrected chi connectivity index (χ4v) is 4.11. The first-order chi connectivity index (χ1) is 10.3. The molecule has 0 bridgehead atoms. The second kappa shape index (κ2) is 6.82. The van der Waals surface area contributed by atoms with E-state index in [-0.39, 0.29) is 11.8 Å². The van der Waals surface area contributed by atoms with Crippen molar-refractivity contribution >= 4 is 21.6 Å². The first-order valence-electron chi connectivity index (χ1n) is 7.09. The van der Waals surface area contributed by atoms with Gasteiger partial charge in [0.1, 0.15) is 0 Å². The quantitative estimate of drug-likeness (QED) is 0.891. The summed E-state index contributed by atoms with van der Waals surface area (Å²) in [6.45, 7) is 5.83. The molecule has 0 aliphatic heterocycles. The Balaban J connectivity index is 2.18. The monoisotopic (exact) mass is 337 g/mol. The Morgan fingerprint density at radius 2 is 1.82 bits per heavy atom. The fraction of sp³-hybridized carbons (Fsp3) is 0.294. The van der Waals surface area contributed by atoms with Gasteiger partial charge in [-0.2, -0.15) is 0 Å². The third-order valence-electron chi connectivity index (χ3n) is 3.56. The Morgan fingerprint density at radius 3 is 2.50 bits per heavy atom. The average molecular weight is 338 g/mol. The lowest BCUT2D eigenvalue weighted by Gasteiger charge is -2.17. The van der Waals surface area contributed by atoms with Gasteiger partial charge in [0.25, 0.3) is 0 Å². The molecule has 22 heavy (non-hydrogen) atoms. The largest absolute Gasteiger partial charge is 0.216 e. The minimum atomic E-state index is -3.47. The third-order valence-corrected chi connectivity index (χ3v) is 5.33. The molecule has 0 radical (unpaired) electrons. The van der Waals surface area contributed by atoms with Crippen molar-refractivity contribution in [2.24, 2.45) is 0 Å². The Hall–Kier alpha value is -1.36. The van der Waals surface area contributed by atoms with E-state index >= 15 is 0 Å². The molecule has 0 saturated heterocycles. The summed E-state index contributed by atoms with van der Waals surface area (Å²) in [6.07, 6.45) is 0. The number of rotatable bonds is 5. The Labute approximate surface area is 137 Å². The van der Waals surface area contributed by atoms with Crippen molar-refractivity contribution in [1.82, 2.24) is 4.72 Å². The van der Waals surface area contributed by atoms with Gasteiger partial charge in [-0.25, -0.2) is 13.1 Å². The van der Waals surface area contributed by atoms with Crippen LogP contribution < -0.4 is 4.72 Å². The number of benzene rings is 2. The van der Waals surface area contributed by atoms with E-state index in [9.17, 15) is 8.42 Å². The van der Waals surface area contributed by atoms with Crippen LogP contribution in [0.15, 0.2) is 42.5 Å². The van der Waals surface area contributed by atoms with Gasteiger partial charge in [-0.15, -0.1) is 0 Å². The Kier molecular flexibility index (Phi) is 5.27. The normalized spacial score (nSPS) is 13.1. The fourth-order valence-electron chi connectivity index (χ4n) is 2.42. The van der Waals surface area contributed by atoms with Gasteiger partial charge in [0.15, 0.2) is 0 Å². The van der Waals surface area contributed by atoms with Crippen LogP contribution in [-0.2, 0) is 15.8 Å². The lowest BCUT2D eigenvalue weighted by Crippen LogP contribution is -2.28. The highest BCUT2D eigenvalue weighted by Crippen LogP contribution is 2.22. The molecule has 1 atom stereocenters. The smallest absolute Gasteiger partial charge is 0.212 e. The number of sulfonamides is 1. The van der Waals surface area contributed by atoms with E-state index in [1.165, 1.54) is 0 Å². The van der Waals surface area contributed by atoms with Crippen LogP contribution in [0.1, 0.15) is 35.2 Å². The maximum atomic E-state index is 12.4. The highest BCUT2D eigenvalue weighted by molar-refractivity contribution is 7.88. The van der Waals surface area contributed by atoms with Gasteiger partial charge < -0.3 is 0 Å². The van der Waals surface area contributed by atoms with Gasteiger partial charge in [0, 0.05) is 11.1 Å². The summed E-state index contributed by atoms with van der Waals surface area (Å²) in [5.74, 6) is -0.123. The summed E-state index contributed by atoms with van der Waals surface area (Å²) in [5, 5.41) is 0.465. The molecule has 0 spiro atoms. The molecule has 0 unspecified atom stereocenters. The minimum absolute atomic E-state index is 0.123. The number of halogens is 1. The van der Waals surface area contributed by atoms with Crippen molar-refractivity contribution in [3.8, 4) is 0 Å². The van der Waals surface area contributed by atoms with Crippen molar-refractivity contribution in [3.05, 3.63) is 69.7 Å². The molecule has 118 valence electrons. The van der Waals surface area contributed by atoms with Crippen LogP contribution in [-0.4, -0.2) is 8.42 Å². The third kappa shape index (κ3) is 4.32. The van der Waals surface area contributed by atoms with E-state index < -0.39 is 10.0 Å². The lowest BCUT2D eigenvalue weighted by molar-refractivity contribution is 0.565. The Bertz CT molecular complexity index is 772. The molecule has 0 aliphatic rings. The van der Waals surface area contributed by atoms with E-state index in [1.807, 2.05) is 39.0 Å². The maximum absolute atomic E-state index is 12.4. The molecule has 5 heteroatoms. The standard InChI is InChI=1S/C17H20ClNO2S/c1-12-8-9-13(2)16(10-12)14(3)19-22(20,21)11-15-6-4-5-7-17(15)18/h4-10,14,19H,11H2,1-3H3/t14-/m1/s1. The van der Waals surface area contributed by atoms with Crippen molar-refractivity contribution in [2.45, 2.75) is 32.6 Å².